The van der Waals surface area contributed by atoms with E-state index in [1.807, 2.05) is 0 Å². The molecular formula is C4H8NO6P. The second kappa shape index (κ2) is 5.70. The summed E-state index contributed by atoms with van der Waals surface area (Å²) in [4.78, 5) is 28.9. The molecule has 0 heterocycles. The SMILES string of the molecule is NCCOC(=O)C(=O)O[PH](=O)O. The fourth-order valence-corrected chi connectivity index (χ4v) is 0.573. The quantitative estimate of drug-likeness (QED) is 0.318. The zero-order chi connectivity index (χ0) is 9.56. The maximum absolute atomic E-state index is 10.5. The van der Waals surface area contributed by atoms with E-state index in [0.29, 0.717) is 0 Å². The van der Waals surface area contributed by atoms with Gasteiger partial charge in [-0.1, -0.05) is 0 Å². The number of ether oxygens (including phenoxy) is 1. The Labute approximate surface area is 68.4 Å². The first kappa shape index (κ1) is 11.1. The monoisotopic (exact) mass is 197 g/mol. The molecule has 7 nitrogen and oxygen atoms in total. The lowest BCUT2D eigenvalue weighted by Crippen LogP contribution is -2.21. The van der Waals surface area contributed by atoms with Gasteiger partial charge < -0.3 is 19.9 Å². The highest BCUT2D eigenvalue weighted by atomic mass is 31.1. The normalized spacial score (nSPS) is 11.8. The number of nitrogens with two attached hydrogens (primary N) is 1. The van der Waals surface area contributed by atoms with Gasteiger partial charge in [-0.25, -0.2) is 14.2 Å². The molecule has 0 fully saturated rings. The number of carbonyl (C=O) groups excluding carboxylic acids is 2. The molecule has 0 aliphatic carbocycles. The predicted molar refractivity (Wildman–Crippen MR) is 37.3 cm³/mol. The highest BCUT2D eigenvalue weighted by Gasteiger charge is 2.18. The third kappa shape index (κ3) is 4.84. The first-order valence-electron chi connectivity index (χ1n) is 2.90. The van der Waals surface area contributed by atoms with Crippen molar-refractivity contribution < 1.29 is 28.3 Å². The molecule has 70 valence electrons. The van der Waals surface area contributed by atoms with E-state index in [1.54, 1.807) is 0 Å². The lowest BCUT2D eigenvalue weighted by molar-refractivity contribution is -0.162. The molecule has 0 bridgehead atoms. The van der Waals surface area contributed by atoms with Crippen molar-refractivity contribution in [3.8, 4) is 0 Å². The molecule has 1 unspecified atom stereocenters. The Kier molecular flexibility index (Phi) is 5.27. The minimum Gasteiger partial charge on any atom is -0.456 e. The minimum atomic E-state index is -3.43. The van der Waals surface area contributed by atoms with Crippen LogP contribution in [0.25, 0.3) is 0 Å². The lowest BCUT2D eigenvalue weighted by Gasteiger charge is -2.00. The molecule has 0 aliphatic rings. The Morgan fingerprint density at radius 1 is 1.42 bits per heavy atom. The van der Waals surface area contributed by atoms with Crippen molar-refractivity contribution in [1.29, 1.82) is 0 Å². The zero-order valence-electron chi connectivity index (χ0n) is 5.98. The average molecular weight is 197 g/mol. The van der Waals surface area contributed by atoms with Crippen LogP contribution in [0.15, 0.2) is 0 Å². The Hall–Kier alpha value is -0.910. The molecule has 0 aromatic rings. The Morgan fingerprint density at radius 3 is 2.42 bits per heavy atom. The summed E-state index contributed by atoms with van der Waals surface area (Å²) >= 11 is 0. The summed E-state index contributed by atoms with van der Waals surface area (Å²) in [5.74, 6) is -2.82. The van der Waals surface area contributed by atoms with Crippen molar-refractivity contribution in [1.82, 2.24) is 0 Å². The summed E-state index contributed by atoms with van der Waals surface area (Å²) in [6, 6.07) is 0. The van der Waals surface area contributed by atoms with Crippen LogP contribution >= 0.6 is 8.25 Å². The summed E-state index contributed by atoms with van der Waals surface area (Å²) in [6.45, 7) is -0.0758. The maximum Gasteiger partial charge on any atom is 0.423 e. The van der Waals surface area contributed by atoms with Gasteiger partial charge in [0.15, 0.2) is 0 Å². The van der Waals surface area contributed by atoms with Gasteiger partial charge in [0.05, 0.1) is 0 Å². The largest absolute Gasteiger partial charge is 0.456 e. The zero-order valence-corrected chi connectivity index (χ0v) is 6.98. The number of hydrogen-bond acceptors (Lipinski definition) is 6. The summed E-state index contributed by atoms with van der Waals surface area (Å²) in [7, 11) is -3.43. The van der Waals surface area contributed by atoms with Crippen LogP contribution in [0.4, 0.5) is 0 Å². The van der Waals surface area contributed by atoms with E-state index in [-0.39, 0.29) is 13.2 Å². The molecule has 0 aromatic heterocycles. The molecule has 0 saturated heterocycles. The van der Waals surface area contributed by atoms with Crippen molar-refractivity contribution in [2.24, 2.45) is 5.73 Å². The van der Waals surface area contributed by atoms with Crippen molar-refractivity contribution in [2.75, 3.05) is 13.2 Å². The Bertz CT molecular complexity index is 204. The van der Waals surface area contributed by atoms with Crippen LogP contribution in [-0.4, -0.2) is 30.0 Å². The summed E-state index contributed by atoms with van der Waals surface area (Å²) in [5, 5.41) is 0. The van der Waals surface area contributed by atoms with Gasteiger partial charge in [-0.3, -0.25) is 0 Å². The molecule has 0 radical (unpaired) electrons. The summed E-state index contributed by atoms with van der Waals surface area (Å²) < 4.78 is 17.7. The first-order valence-corrected chi connectivity index (χ1v) is 4.16. The van der Waals surface area contributed by atoms with Gasteiger partial charge in [-0.15, -0.1) is 0 Å². The fourth-order valence-electron chi connectivity index (χ4n) is 0.332. The van der Waals surface area contributed by atoms with E-state index >= 15 is 0 Å². The smallest absolute Gasteiger partial charge is 0.423 e. The van der Waals surface area contributed by atoms with Crippen molar-refractivity contribution >= 4 is 20.2 Å². The molecule has 0 aromatic carbocycles. The van der Waals surface area contributed by atoms with Crippen LogP contribution in [0.1, 0.15) is 0 Å². The Balaban J connectivity index is 3.77. The van der Waals surface area contributed by atoms with Gasteiger partial charge in [0, 0.05) is 6.54 Å². The second-order valence-electron chi connectivity index (χ2n) is 1.58. The molecule has 0 aliphatic heterocycles. The van der Waals surface area contributed by atoms with E-state index in [1.165, 1.54) is 0 Å². The van der Waals surface area contributed by atoms with E-state index in [9.17, 15) is 14.2 Å². The predicted octanol–water partition coefficient (Wildman–Crippen LogP) is -1.59. The van der Waals surface area contributed by atoms with Crippen LogP contribution in [0, 0.1) is 0 Å². The van der Waals surface area contributed by atoms with Crippen LogP contribution in [0.3, 0.4) is 0 Å². The molecule has 0 saturated carbocycles. The number of hydrogen-bond donors (Lipinski definition) is 2. The summed E-state index contributed by atoms with van der Waals surface area (Å²) in [5.41, 5.74) is 4.94. The molecule has 8 heteroatoms. The van der Waals surface area contributed by atoms with Crippen LogP contribution < -0.4 is 5.73 Å². The number of esters is 1. The van der Waals surface area contributed by atoms with E-state index in [0.717, 1.165) is 0 Å². The van der Waals surface area contributed by atoms with Gasteiger partial charge in [-0.05, 0) is 0 Å². The van der Waals surface area contributed by atoms with Crippen LogP contribution in [0.2, 0.25) is 0 Å². The van der Waals surface area contributed by atoms with Gasteiger partial charge in [0.2, 0.25) is 0 Å². The highest BCUT2D eigenvalue weighted by molar-refractivity contribution is 7.33. The molecule has 0 amide bonds. The van der Waals surface area contributed by atoms with E-state index < -0.39 is 20.2 Å². The standard InChI is InChI=1S/C4H8NO6P/c5-1-2-10-3(6)4(7)11-12(8)9/h12H,1-2,5H2,(H,8,9). The van der Waals surface area contributed by atoms with Crippen LogP contribution in [-0.2, 0) is 23.4 Å². The highest BCUT2D eigenvalue weighted by Crippen LogP contribution is 2.14. The molecular weight excluding hydrogens is 189 g/mol. The second-order valence-corrected chi connectivity index (χ2v) is 2.32. The van der Waals surface area contributed by atoms with Gasteiger partial charge >= 0.3 is 20.2 Å². The molecule has 1 atom stereocenters. The molecule has 0 rings (SSSR count). The summed E-state index contributed by atoms with van der Waals surface area (Å²) in [6.07, 6.45) is 0. The third-order valence-corrected chi connectivity index (χ3v) is 1.06. The van der Waals surface area contributed by atoms with E-state index in [4.69, 9.17) is 10.6 Å². The van der Waals surface area contributed by atoms with Gasteiger partial charge in [0.1, 0.15) is 6.61 Å². The van der Waals surface area contributed by atoms with E-state index in [2.05, 4.69) is 9.26 Å². The van der Waals surface area contributed by atoms with Gasteiger partial charge in [-0.2, -0.15) is 0 Å². The molecule has 3 N–H and O–H groups in total. The lowest BCUT2D eigenvalue weighted by atomic mass is 10.7. The van der Waals surface area contributed by atoms with Crippen molar-refractivity contribution in [3.63, 3.8) is 0 Å². The fraction of sp³-hybridized carbons (Fsp3) is 0.500. The number of carbonyl (C=O) groups is 2. The third-order valence-electron chi connectivity index (χ3n) is 0.698. The maximum atomic E-state index is 10.5. The first-order chi connectivity index (χ1) is 5.57. The topological polar surface area (TPSA) is 116 Å². The van der Waals surface area contributed by atoms with Gasteiger partial charge in [0.25, 0.3) is 0 Å². The molecule has 12 heavy (non-hydrogen) atoms. The van der Waals surface area contributed by atoms with Crippen molar-refractivity contribution in [2.45, 2.75) is 0 Å². The van der Waals surface area contributed by atoms with Crippen molar-refractivity contribution in [3.05, 3.63) is 0 Å². The molecule has 0 spiro atoms. The van der Waals surface area contributed by atoms with Crippen LogP contribution in [0.5, 0.6) is 0 Å². The minimum absolute atomic E-state index is 0.0628. The Morgan fingerprint density at radius 2 is 2.00 bits per heavy atom. The average Bonchev–Trinajstić information content (AvgIpc) is 1.98. The number of rotatable bonds is 3.